The number of nitrogens with zero attached hydrogens (tertiary/aromatic N) is 4. The maximum Gasteiger partial charge on any atom is 0.253 e. The van der Waals surface area contributed by atoms with Crippen LogP contribution in [-0.2, 0) is 4.79 Å². The van der Waals surface area contributed by atoms with Gasteiger partial charge in [0.25, 0.3) is 5.91 Å². The lowest BCUT2D eigenvalue weighted by atomic mass is 9.96. The fraction of sp³-hybridized carbons (Fsp3) is 0.300. The molecule has 7 heteroatoms. The molecule has 7 nitrogen and oxygen atoms in total. The third kappa shape index (κ3) is 3.16. The van der Waals surface area contributed by atoms with Gasteiger partial charge in [-0.25, -0.2) is 9.97 Å². The Kier molecular flexibility index (Phi) is 4.35. The molecule has 0 atom stereocenters. The van der Waals surface area contributed by atoms with Gasteiger partial charge in [0.1, 0.15) is 11.3 Å². The van der Waals surface area contributed by atoms with E-state index in [1.54, 1.807) is 11.1 Å². The van der Waals surface area contributed by atoms with E-state index in [1.807, 2.05) is 47.9 Å². The number of carbonyl (C=O) groups is 2. The molecule has 2 amide bonds. The summed E-state index contributed by atoms with van der Waals surface area (Å²) in [5.41, 5.74) is 8.43. The summed E-state index contributed by atoms with van der Waals surface area (Å²) in [5.74, 6) is 0.371. The molecule has 0 radical (unpaired) electrons. The van der Waals surface area contributed by atoms with Gasteiger partial charge in [-0.1, -0.05) is 6.07 Å². The van der Waals surface area contributed by atoms with Crippen LogP contribution >= 0.6 is 0 Å². The number of aryl methyl sites for hydroxylation is 1. The van der Waals surface area contributed by atoms with Gasteiger partial charge in [-0.2, -0.15) is 0 Å². The van der Waals surface area contributed by atoms with E-state index < -0.39 is 0 Å². The molecule has 0 aliphatic carbocycles. The Labute approximate surface area is 156 Å². The predicted molar refractivity (Wildman–Crippen MR) is 101 cm³/mol. The fourth-order valence-electron chi connectivity index (χ4n) is 3.66. The number of piperidine rings is 1. The third-order valence-corrected chi connectivity index (χ3v) is 5.12. The Balaban J connectivity index is 1.62. The summed E-state index contributed by atoms with van der Waals surface area (Å²) in [4.78, 5) is 35.0. The number of carbonyl (C=O) groups excluding carboxylic acids is 2. The van der Waals surface area contributed by atoms with E-state index >= 15 is 0 Å². The molecule has 3 heterocycles. The first-order valence-electron chi connectivity index (χ1n) is 9.03. The standard InChI is InChI=1S/C20H21N5O2/c1-13-23-17-6-3-9-22-19(17)25(13)16-5-2-4-15(12-16)20(27)24-10-7-14(8-11-24)18(21)26/h2-6,9,12,14H,7-8,10-11H2,1H3,(H2,21,26). The van der Waals surface area contributed by atoms with Crippen LogP contribution in [0.25, 0.3) is 16.9 Å². The van der Waals surface area contributed by atoms with Crippen molar-refractivity contribution >= 4 is 23.0 Å². The first-order chi connectivity index (χ1) is 13.0. The van der Waals surface area contributed by atoms with Crippen LogP contribution in [0.4, 0.5) is 0 Å². The molecule has 0 spiro atoms. The molecule has 0 unspecified atom stereocenters. The zero-order valence-corrected chi connectivity index (χ0v) is 15.1. The SMILES string of the molecule is Cc1nc2cccnc2n1-c1cccc(C(=O)N2CCC(C(N)=O)CC2)c1. The van der Waals surface area contributed by atoms with Gasteiger partial charge >= 0.3 is 0 Å². The Hall–Kier alpha value is -3.22. The highest BCUT2D eigenvalue weighted by Crippen LogP contribution is 2.22. The fourth-order valence-corrected chi connectivity index (χ4v) is 3.66. The van der Waals surface area contributed by atoms with Crippen molar-refractivity contribution in [2.24, 2.45) is 11.7 Å². The molecule has 1 aliphatic rings. The molecule has 0 saturated carbocycles. The highest BCUT2D eigenvalue weighted by atomic mass is 16.2. The van der Waals surface area contributed by atoms with Crippen molar-refractivity contribution in [2.45, 2.75) is 19.8 Å². The van der Waals surface area contributed by atoms with E-state index in [4.69, 9.17) is 5.73 Å². The first kappa shape index (κ1) is 17.2. The first-order valence-corrected chi connectivity index (χ1v) is 9.03. The van der Waals surface area contributed by atoms with Gasteiger partial charge in [-0.3, -0.25) is 14.2 Å². The highest BCUT2D eigenvalue weighted by Gasteiger charge is 2.26. The second-order valence-corrected chi connectivity index (χ2v) is 6.86. The number of nitrogens with two attached hydrogens (primary N) is 1. The van der Waals surface area contributed by atoms with E-state index in [2.05, 4.69) is 9.97 Å². The number of aromatic nitrogens is 3. The van der Waals surface area contributed by atoms with Crippen molar-refractivity contribution in [3.8, 4) is 5.69 Å². The summed E-state index contributed by atoms with van der Waals surface area (Å²) >= 11 is 0. The molecule has 3 aromatic rings. The number of imidazole rings is 1. The molecule has 2 aromatic heterocycles. The largest absolute Gasteiger partial charge is 0.369 e. The Morgan fingerprint density at radius 2 is 1.93 bits per heavy atom. The molecule has 1 saturated heterocycles. The smallest absolute Gasteiger partial charge is 0.253 e. The van der Waals surface area contributed by atoms with Gasteiger partial charge in [0.05, 0.1) is 0 Å². The summed E-state index contributed by atoms with van der Waals surface area (Å²) in [6.45, 7) is 3.02. The summed E-state index contributed by atoms with van der Waals surface area (Å²) in [6, 6.07) is 11.3. The average Bonchev–Trinajstić information content (AvgIpc) is 3.03. The van der Waals surface area contributed by atoms with Crippen molar-refractivity contribution in [1.29, 1.82) is 0 Å². The molecule has 27 heavy (non-hydrogen) atoms. The van der Waals surface area contributed by atoms with Crippen molar-refractivity contribution in [3.63, 3.8) is 0 Å². The number of hydrogen-bond donors (Lipinski definition) is 1. The van der Waals surface area contributed by atoms with E-state index in [-0.39, 0.29) is 17.7 Å². The van der Waals surface area contributed by atoms with Gasteiger partial charge < -0.3 is 10.6 Å². The van der Waals surface area contributed by atoms with Crippen molar-refractivity contribution < 1.29 is 9.59 Å². The van der Waals surface area contributed by atoms with E-state index in [9.17, 15) is 9.59 Å². The summed E-state index contributed by atoms with van der Waals surface area (Å²) in [6.07, 6.45) is 2.98. The van der Waals surface area contributed by atoms with Crippen molar-refractivity contribution in [3.05, 3.63) is 54.0 Å². The zero-order chi connectivity index (χ0) is 19.0. The monoisotopic (exact) mass is 363 g/mol. The van der Waals surface area contributed by atoms with Crippen LogP contribution in [0.1, 0.15) is 29.0 Å². The molecule has 0 bridgehead atoms. The Morgan fingerprint density at radius 1 is 1.15 bits per heavy atom. The van der Waals surface area contributed by atoms with Crippen LogP contribution in [0.2, 0.25) is 0 Å². The number of primary amides is 1. The lowest BCUT2D eigenvalue weighted by molar-refractivity contribution is -0.123. The molecule has 2 N–H and O–H groups in total. The number of hydrogen-bond acceptors (Lipinski definition) is 4. The number of likely N-dealkylation sites (tertiary alicyclic amines) is 1. The van der Waals surface area contributed by atoms with Gasteiger partial charge in [-0.15, -0.1) is 0 Å². The van der Waals surface area contributed by atoms with Crippen LogP contribution < -0.4 is 5.73 Å². The van der Waals surface area contributed by atoms with E-state index in [0.717, 1.165) is 22.7 Å². The molecule has 1 aromatic carbocycles. The summed E-state index contributed by atoms with van der Waals surface area (Å²) in [7, 11) is 0. The zero-order valence-electron chi connectivity index (χ0n) is 15.1. The highest BCUT2D eigenvalue weighted by molar-refractivity contribution is 5.95. The number of amides is 2. The lowest BCUT2D eigenvalue weighted by Crippen LogP contribution is -2.41. The Morgan fingerprint density at radius 3 is 2.67 bits per heavy atom. The van der Waals surface area contributed by atoms with Crippen LogP contribution in [0.3, 0.4) is 0 Å². The third-order valence-electron chi connectivity index (χ3n) is 5.12. The molecule has 1 aliphatic heterocycles. The predicted octanol–water partition coefficient (Wildman–Crippen LogP) is 2.07. The van der Waals surface area contributed by atoms with Crippen molar-refractivity contribution in [2.75, 3.05) is 13.1 Å². The minimum absolute atomic E-state index is 0.0326. The quantitative estimate of drug-likeness (QED) is 0.771. The summed E-state index contributed by atoms with van der Waals surface area (Å²) in [5, 5.41) is 0. The van der Waals surface area contributed by atoms with Gasteiger partial charge in [0.15, 0.2) is 5.65 Å². The van der Waals surface area contributed by atoms with E-state index in [1.165, 1.54) is 0 Å². The van der Waals surface area contributed by atoms with Crippen LogP contribution in [0.15, 0.2) is 42.6 Å². The number of rotatable bonds is 3. The van der Waals surface area contributed by atoms with Gasteiger partial charge in [0, 0.05) is 36.5 Å². The van der Waals surface area contributed by atoms with Crippen LogP contribution in [0, 0.1) is 12.8 Å². The normalized spacial score (nSPS) is 15.2. The minimum atomic E-state index is -0.279. The molecular weight excluding hydrogens is 342 g/mol. The second kappa shape index (κ2) is 6.83. The lowest BCUT2D eigenvalue weighted by Gasteiger charge is -2.30. The minimum Gasteiger partial charge on any atom is -0.369 e. The molecular formula is C20H21N5O2. The molecule has 138 valence electrons. The number of benzene rings is 1. The topological polar surface area (TPSA) is 94.1 Å². The van der Waals surface area contributed by atoms with Crippen LogP contribution in [-0.4, -0.2) is 44.3 Å². The molecule has 1 fully saturated rings. The average molecular weight is 363 g/mol. The second-order valence-electron chi connectivity index (χ2n) is 6.86. The summed E-state index contributed by atoms with van der Waals surface area (Å²) < 4.78 is 1.95. The van der Waals surface area contributed by atoms with Gasteiger partial charge in [0.2, 0.25) is 5.91 Å². The number of fused-ring (bicyclic) bond motifs is 1. The van der Waals surface area contributed by atoms with Crippen molar-refractivity contribution in [1.82, 2.24) is 19.4 Å². The maximum atomic E-state index is 12.9. The van der Waals surface area contributed by atoms with Gasteiger partial charge in [-0.05, 0) is 50.1 Å². The van der Waals surface area contributed by atoms with Crippen LogP contribution in [0.5, 0.6) is 0 Å². The maximum absolute atomic E-state index is 12.9. The van der Waals surface area contributed by atoms with E-state index in [0.29, 0.717) is 31.5 Å². The Bertz CT molecular complexity index is 1020. The molecule has 4 rings (SSSR count). The number of pyridine rings is 1.